The van der Waals surface area contributed by atoms with Crippen LogP contribution in [0.5, 0.6) is 0 Å². The molecule has 1 saturated heterocycles. The fraction of sp³-hybridized carbons (Fsp3) is 0.727. The van der Waals surface area contributed by atoms with Gasteiger partial charge in [0.05, 0.1) is 6.10 Å². The Kier molecular flexibility index (Phi) is 3.15. The van der Waals surface area contributed by atoms with Crippen molar-refractivity contribution in [3.05, 3.63) is 10.4 Å². The highest BCUT2D eigenvalue weighted by molar-refractivity contribution is 5.63. The number of anilines is 2. The first-order chi connectivity index (χ1) is 8.10. The van der Waals surface area contributed by atoms with E-state index in [2.05, 4.69) is 0 Å². The van der Waals surface area contributed by atoms with Crippen LogP contribution in [0.2, 0.25) is 0 Å². The maximum atomic E-state index is 12.0. The van der Waals surface area contributed by atoms with Gasteiger partial charge in [-0.15, -0.1) is 0 Å². The molecule has 17 heavy (non-hydrogen) atoms. The molecule has 2 rings (SSSR count). The number of aromatic nitrogens is 2. The Labute approximate surface area is 100 Å². The monoisotopic (exact) mass is 240 g/mol. The number of hydrogen-bond donors (Lipinski definition) is 2. The molecule has 1 aromatic heterocycles. The summed E-state index contributed by atoms with van der Waals surface area (Å²) in [5.41, 5.74) is 6.06. The Morgan fingerprint density at radius 3 is 2.47 bits per heavy atom. The van der Waals surface area contributed by atoms with Crippen molar-refractivity contribution in [2.24, 2.45) is 0 Å². The van der Waals surface area contributed by atoms with Crippen LogP contribution >= 0.6 is 0 Å². The van der Waals surface area contributed by atoms with E-state index in [1.807, 2.05) is 23.4 Å². The highest BCUT2D eigenvalue weighted by Crippen LogP contribution is 2.25. The van der Waals surface area contributed by atoms with Crippen LogP contribution in [0.1, 0.15) is 20.3 Å². The van der Waals surface area contributed by atoms with Gasteiger partial charge in [-0.2, -0.15) is 0 Å². The Bertz CT molecular complexity index is 463. The van der Waals surface area contributed by atoms with Crippen LogP contribution in [0.3, 0.4) is 0 Å². The number of β-amino-alcohol motifs (C(OH)–C–C–N with tert-alkyl or cyclic N) is 1. The minimum Gasteiger partial charge on any atom is -0.391 e. The zero-order valence-corrected chi connectivity index (χ0v) is 10.4. The SMILES string of the molecule is CCn1c(N2CCC(O)C2)c(N)c(=O)n1CC. The molecule has 1 atom stereocenters. The first-order valence-electron chi connectivity index (χ1n) is 6.12. The Morgan fingerprint density at radius 1 is 1.35 bits per heavy atom. The third kappa shape index (κ3) is 1.82. The summed E-state index contributed by atoms with van der Waals surface area (Å²) in [6, 6.07) is 0. The molecule has 6 nitrogen and oxygen atoms in total. The van der Waals surface area contributed by atoms with Crippen molar-refractivity contribution in [2.75, 3.05) is 23.7 Å². The molecule has 1 aliphatic heterocycles. The molecule has 1 fully saturated rings. The molecule has 1 unspecified atom stereocenters. The maximum absolute atomic E-state index is 12.0. The van der Waals surface area contributed by atoms with E-state index in [1.54, 1.807) is 4.68 Å². The minimum absolute atomic E-state index is 0.134. The predicted molar refractivity (Wildman–Crippen MR) is 67.3 cm³/mol. The van der Waals surface area contributed by atoms with Gasteiger partial charge in [0.25, 0.3) is 5.56 Å². The molecule has 0 spiro atoms. The second-order valence-electron chi connectivity index (χ2n) is 4.36. The Balaban J connectivity index is 2.49. The molecule has 1 aromatic rings. The van der Waals surface area contributed by atoms with Gasteiger partial charge in [-0.1, -0.05) is 0 Å². The van der Waals surface area contributed by atoms with Crippen LogP contribution < -0.4 is 16.2 Å². The summed E-state index contributed by atoms with van der Waals surface area (Å²) in [5, 5.41) is 9.57. The van der Waals surface area contributed by atoms with Crippen molar-refractivity contribution in [3.8, 4) is 0 Å². The number of rotatable bonds is 3. The molecule has 0 bridgehead atoms. The predicted octanol–water partition coefficient (Wildman–Crippen LogP) is -0.157. The second-order valence-corrected chi connectivity index (χ2v) is 4.36. The fourth-order valence-corrected chi connectivity index (χ4v) is 2.50. The van der Waals surface area contributed by atoms with E-state index in [-0.39, 0.29) is 11.7 Å². The largest absolute Gasteiger partial charge is 0.391 e. The number of nitrogens with zero attached hydrogens (tertiary/aromatic N) is 3. The lowest BCUT2D eigenvalue weighted by Crippen LogP contribution is -2.26. The van der Waals surface area contributed by atoms with Gasteiger partial charge in [0, 0.05) is 26.2 Å². The van der Waals surface area contributed by atoms with Crippen LogP contribution in [-0.2, 0) is 13.1 Å². The molecule has 0 saturated carbocycles. The molecule has 0 aromatic carbocycles. The van der Waals surface area contributed by atoms with Crippen molar-refractivity contribution in [1.29, 1.82) is 0 Å². The summed E-state index contributed by atoms with van der Waals surface area (Å²) in [4.78, 5) is 14.0. The lowest BCUT2D eigenvalue weighted by Gasteiger charge is -2.21. The molecule has 0 amide bonds. The molecule has 96 valence electrons. The van der Waals surface area contributed by atoms with E-state index in [0.717, 1.165) is 18.8 Å². The van der Waals surface area contributed by atoms with Crippen molar-refractivity contribution in [3.63, 3.8) is 0 Å². The van der Waals surface area contributed by atoms with Crippen LogP contribution in [0.15, 0.2) is 4.79 Å². The van der Waals surface area contributed by atoms with Gasteiger partial charge in [0.2, 0.25) is 0 Å². The molecule has 3 N–H and O–H groups in total. The van der Waals surface area contributed by atoms with E-state index >= 15 is 0 Å². The van der Waals surface area contributed by atoms with Crippen molar-refractivity contribution < 1.29 is 5.11 Å². The number of aliphatic hydroxyl groups is 1. The zero-order valence-electron chi connectivity index (χ0n) is 10.4. The first-order valence-corrected chi connectivity index (χ1v) is 6.12. The summed E-state index contributed by atoms with van der Waals surface area (Å²) in [6.45, 7) is 6.52. The zero-order chi connectivity index (χ0) is 12.6. The third-order valence-electron chi connectivity index (χ3n) is 3.30. The number of nitrogen functional groups attached to an aromatic ring is 1. The number of nitrogens with two attached hydrogens (primary N) is 1. The molecular weight excluding hydrogens is 220 g/mol. The highest BCUT2D eigenvalue weighted by Gasteiger charge is 2.27. The summed E-state index contributed by atoms with van der Waals surface area (Å²) >= 11 is 0. The van der Waals surface area contributed by atoms with E-state index < -0.39 is 0 Å². The highest BCUT2D eigenvalue weighted by atomic mass is 16.3. The molecular formula is C11H20N4O2. The molecule has 6 heteroatoms. The topological polar surface area (TPSA) is 76.4 Å². The molecule has 1 aliphatic rings. The van der Waals surface area contributed by atoms with Gasteiger partial charge in [-0.05, 0) is 20.3 Å². The van der Waals surface area contributed by atoms with E-state index in [4.69, 9.17) is 5.73 Å². The molecule has 0 radical (unpaired) electrons. The standard InChI is InChI=1S/C11H20N4O2/c1-3-14-10(13-6-5-8(16)7-13)9(12)11(17)15(14)4-2/h8,16H,3-7,12H2,1-2H3. The molecule has 2 heterocycles. The van der Waals surface area contributed by atoms with Crippen molar-refractivity contribution >= 4 is 11.5 Å². The maximum Gasteiger partial charge on any atom is 0.292 e. The third-order valence-corrected chi connectivity index (χ3v) is 3.30. The summed E-state index contributed by atoms with van der Waals surface area (Å²) in [7, 11) is 0. The fourth-order valence-electron chi connectivity index (χ4n) is 2.50. The quantitative estimate of drug-likeness (QED) is 0.770. The average molecular weight is 240 g/mol. The number of hydrogen-bond acceptors (Lipinski definition) is 4. The van der Waals surface area contributed by atoms with Crippen molar-refractivity contribution in [1.82, 2.24) is 9.36 Å². The van der Waals surface area contributed by atoms with Crippen LogP contribution in [-0.4, -0.2) is 33.7 Å². The van der Waals surface area contributed by atoms with Gasteiger partial charge in [-0.3, -0.25) is 9.48 Å². The van der Waals surface area contributed by atoms with Gasteiger partial charge in [-0.25, -0.2) is 4.68 Å². The smallest absolute Gasteiger partial charge is 0.292 e. The molecule has 0 aliphatic carbocycles. The summed E-state index contributed by atoms with van der Waals surface area (Å²) in [6.07, 6.45) is 0.411. The summed E-state index contributed by atoms with van der Waals surface area (Å²) < 4.78 is 3.55. The summed E-state index contributed by atoms with van der Waals surface area (Å²) in [5.74, 6) is 0.760. The van der Waals surface area contributed by atoms with Gasteiger partial charge < -0.3 is 15.7 Å². The van der Waals surface area contributed by atoms with Gasteiger partial charge >= 0.3 is 0 Å². The van der Waals surface area contributed by atoms with E-state index in [9.17, 15) is 9.90 Å². The van der Waals surface area contributed by atoms with Crippen molar-refractivity contribution in [2.45, 2.75) is 39.5 Å². The average Bonchev–Trinajstić information content (AvgIpc) is 2.82. The Morgan fingerprint density at radius 2 is 2.00 bits per heavy atom. The van der Waals surface area contributed by atoms with Crippen LogP contribution in [0.4, 0.5) is 11.5 Å². The van der Waals surface area contributed by atoms with Crippen LogP contribution in [0.25, 0.3) is 0 Å². The minimum atomic E-state index is -0.320. The van der Waals surface area contributed by atoms with Crippen LogP contribution in [0, 0.1) is 0 Å². The lowest BCUT2D eigenvalue weighted by atomic mass is 10.3. The second kappa shape index (κ2) is 4.44. The lowest BCUT2D eigenvalue weighted by molar-refractivity contribution is 0.198. The normalized spacial score (nSPS) is 20.2. The van der Waals surface area contributed by atoms with Gasteiger partial charge in [0.15, 0.2) is 5.82 Å². The van der Waals surface area contributed by atoms with E-state index in [1.165, 1.54) is 0 Å². The van der Waals surface area contributed by atoms with Gasteiger partial charge in [0.1, 0.15) is 5.69 Å². The Hall–Kier alpha value is -1.43. The first kappa shape index (κ1) is 12.0. The number of aliphatic hydroxyl groups excluding tert-OH is 1. The van der Waals surface area contributed by atoms with E-state index in [0.29, 0.717) is 25.3 Å².